The number of carbonyl (C=O) groups is 2. The van der Waals surface area contributed by atoms with E-state index in [1.807, 2.05) is 24.3 Å². The molecule has 1 aromatic carbocycles. The average molecular weight is 332 g/mol. The van der Waals surface area contributed by atoms with Crippen LogP contribution >= 0.6 is 0 Å². The number of nitrogens with zero attached hydrogens (tertiary/aromatic N) is 2. The van der Waals surface area contributed by atoms with Gasteiger partial charge in [-0.15, -0.1) is 0 Å². The second kappa shape index (κ2) is 7.21. The standard InChI is InChI=1S/C18H24N2O4/c1-2-13-6-5-7-15(10-13)24-12-14(21)11-20-17(22)16-8-3-4-9-19(16)18(20)23/h5-7,10,14,16,21H,2-4,8-9,11-12H2,1H3/t14-,16+/m1/s1. The van der Waals surface area contributed by atoms with Gasteiger partial charge in [-0.05, 0) is 43.4 Å². The van der Waals surface area contributed by atoms with Crippen LogP contribution in [0.2, 0.25) is 0 Å². The van der Waals surface area contributed by atoms with E-state index in [0.29, 0.717) is 12.3 Å². The monoisotopic (exact) mass is 332 g/mol. The third-order valence-electron chi connectivity index (χ3n) is 4.67. The third-order valence-corrected chi connectivity index (χ3v) is 4.67. The van der Waals surface area contributed by atoms with E-state index < -0.39 is 6.10 Å². The number of imide groups is 1. The van der Waals surface area contributed by atoms with Crippen molar-refractivity contribution in [3.63, 3.8) is 0 Å². The van der Waals surface area contributed by atoms with Gasteiger partial charge in [0.2, 0.25) is 0 Å². The molecule has 0 unspecified atom stereocenters. The normalized spacial score (nSPS) is 21.8. The van der Waals surface area contributed by atoms with Crippen LogP contribution in [0.3, 0.4) is 0 Å². The largest absolute Gasteiger partial charge is 0.491 e. The SMILES string of the molecule is CCc1cccc(OC[C@H](O)CN2C(=O)[C@@H]3CCCCN3C2=O)c1. The van der Waals surface area contributed by atoms with Gasteiger partial charge in [-0.25, -0.2) is 4.79 Å². The average Bonchev–Trinajstić information content (AvgIpc) is 2.85. The molecule has 0 bridgehead atoms. The molecule has 0 spiro atoms. The molecule has 2 saturated heterocycles. The molecule has 0 aromatic heterocycles. The number of aryl methyl sites for hydroxylation is 1. The van der Waals surface area contributed by atoms with Gasteiger partial charge >= 0.3 is 6.03 Å². The van der Waals surface area contributed by atoms with Crippen molar-refractivity contribution >= 4 is 11.9 Å². The van der Waals surface area contributed by atoms with Crippen LogP contribution in [0.5, 0.6) is 5.75 Å². The lowest BCUT2D eigenvalue weighted by atomic mass is 10.0. The quantitative estimate of drug-likeness (QED) is 0.807. The third kappa shape index (κ3) is 3.38. The van der Waals surface area contributed by atoms with Gasteiger partial charge < -0.3 is 14.7 Å². The number of benzene rings is 1. The van der Waals surface area contributed by atoms with E-state index in [-0.39, 0.29) is 31.1 Å². The highest BCUT2D eigenvalue weighted by molar-refractivity contribution is 6.04. The number of aliphatic hydroxyl groups is 1. The first-order chi connectivity index (χ1) is 11.6. The summed E-state index contributed by atoms with van der Waals surface area (Å²) in [6, 6.07) is 7.07. The Balaban J connectivity index is 1.55. The Hall–Kier alpha value is -2.08. The van der Waals surface area contributed by atoms with Crippen LogP contribution < -0.4 is 4.74 Å². The summed E-state index contributed by atoms with van der Waals surface area (Å²) in [6.07, 6.45) is 2.63. The molecule has 2 aliphatic rings. The number of amides is 3. The van der Waals surface area contributed by atoms with E-state index in [1.54, 1.807) is 4.90 Å². The molecule has 2 atom stereocenters. The van der Waals surface area contributed by atoms with Gasteiger partial charge in [0.1, 0.15) is 24.5 Å². The highest BCUT2D eigenvalue weighted by Crippen LogP contribution is 2.26. The van der Waals surface area contributed by atoms with Crippen molar-refractivity contribution in [2.45, 2.75) is 44.8 Å². The van der Waals surface area contributed by atoms with E-state index in [0.717, 1.165) is 31.2 Å². The molecule has 0 saturated carbocycles. The lowest BCUT2D eigenvalue weighted by molar-refractivity contribution is -0.129. The van der Waals surface area contributed by atoms with E-state index in [1.165, 1.54) is 4.90 Å². The topological polar surface area (TPSA) is 70.1 Å². The predicted octanol–water partition coefficient (Wildman–Crippen LogP) is 1.81. The van der Waals surface area contributed by atoms with E-state index >= 15 is 0 Å². The summed E-state index contributed by atoms with van der Waals surface area (Å²) in [4.78, 5) is 27.5. The number of hydrogen-bond acceptors (Lipinski definition) is 4. The van der Waals surface area contributed by atoms with Gasteiger partial charge in [0.25, 0.3) is 5.91 Å². The van der Waals surface area contributed by atoms with E-state index in [4.69, 9.17) is 4.74 Å². The number of hydrogen-bond donors (Lipinski definition) is 1. The highest BCUT2D eigenvalue weighted by Gasteiger charge is 2.46. The fourth-order valence-corrected chi connectivity index (χ4v) is 3.33. The number of ether oxygens (including phenoxy) is 1. The molecule has 3 amide bonds. The predicted molar refractivity (Wildman–Crippen MR) is 88.8 cm³/mol. The van der Waals surface area contributed by atoms with E-state index in [2.05, 4.69) is 6.92 Å². The summed E-state index contributed by atoms with van der Waals surface area (Å²) in [7, 11) is 0. The molecule has 1 N–H and O–H groups in total. The summed E-state index contributed by atoms with van der Waals surface area (Å²) in [5.41, 5.74) is 1.16. The maximum atomic E-state index is 12.4. The number of fused-ring (bicyclic) bond motifs is 1. The Morgan fingerprint density at radius 1 is 1.33 bits per heavy atom. The fraction of sp³-hybridized carbons (Fsp3) is 0.556. The molecular weight excluding hydrogens is 308 g/mol. The highest BCUT2D eigenvalue weighted by atomic mass is 16.5. The van der Waals surface area contributed by atoms with Crippen molar-refractivity contribution in [1.29, 1.82) is 0 Å². The molecule has 24 heavy (non-hydrogen) atoms. The fourth-order valence-electron chi connectivity index (χ4n) is 3.33. The van der Waals surface area contributed by atoms with Crippen LogP contribution in [-0.2, 0) is 11.2 Å². The van der Waals surface area contributed by atoms with Crippen LogP contribution in [0, 0.1) is 0 Å². The van der Waals surface area contributed by atoms with Gasteiger partial charge in [-0.3, -0.25) is 9.69 Å². The molecule has 6 heteroatoms. The Kier molecular flexibility index (Phi) is 5.04. The zero-order valence-corrected chi connectivity index (χ0v) is 14.0. The Labute approximate surface area is 142 Å². The van der Waals surface area contributed by atoms with Crippen LogP contribution in [0.1, 0.15) is 31.7 Å². The van der Waals surface area contributed by atoms with Gasteiger partial charge in [-0.2, -0.15) is 0 Å². The van der Waals surface area contributed by atoms with Crippen molar-refractivity contribution < 1.29 is 19.4 Å². The zero-order chi connectivity index (χ0) is 17.1. The molecule has 3 rings (SSSR count). The van der Waals surface area contributed by atoms with E-state index in [9.17, 15) is 14.7 Å². The van der Waals surface area contributed by atoms with Crippen molar-refractivity contribution in [3.05, 3.63) is 29.8 Å². The van der Waals surface area contributed by atoms with Crippen molar-refractivity contribution in [3.8, 4) is 5.75 Å². The van der Waals surface area contributed by atoms with Gasteiger partial charge in [0.15, 0.2) is 0 Å². The Morgan fingerprint density at radius 2 is 2.17 bits per heavy atom. The van der Waals surface area contributed by atoms with Crippen LogP contribution in [0.25, 0.3) is 0 Å². The minimum Gasteiger partial charge on any atom is -0.491 e. The van der Waals surface area contributed by atoms with Crippen LogP contribution in [-0.4, -0.2) is 58.7 Å². The molecule has 130 valence electrons. The number of carbonyl (C=O) groups excluding carboxylic acids is 2. The smallest absolute Gasteiger partial charge is 0.327 e. The molecule has 1 aromatic rings. The second-order valence-electron chi connectivity index (χ2n) is 6.40. The van der Waals surface area contributed by atoms with Crippen LogP contribution in [0.15, 0.2) is 24.3 Å². The van der Waals surface area contributed by atoms with Crippen molar-refractivity contribution in [2.75, 3.05) is 19.7 Å². The van der Waals surface area contributed by atoms with Gasteiger partial charge in [0, 0.05) is 6.54 Å². The number of piperidine rings is 1. The summed E-state index contributed by atoms with van der Waals surface area (Å²) in [5, 5.41) is 10.2. The van der Waals surface area contributed by atoms with Crippen LogP contribution in [0.4, 0.5) is 4.79 Å². The molecule has 0 radical (unpaired) electrons. The molecule has 2 aliphatic heterocycles. The number of aliphatic hydroxyl groups excluding tert-OH is 1. The Bertz CT molecular complexity index is 595. The number of β-amino-alcohol motifs (C(OH)–C–C–N with tert-alkyl or cyclic N) is 1. The summed E-state index contributed by atoms with van der Waals surface area (Å²) in [5.74, 6) is 0.497. The first kappa shape index (κ1) is 16.8. The van der Waals surface area contributed by atoms with Crippen molar-refractivity contribution in [2.24, 2.45) is 0 Å². The molecule has 0 aliphatic carbocycles. The number of urea groups is 1. The molecule has 2 fully saturated rings. The second-order valence-corrected chi connectivity index (χ2v) is 6.40. The molecule has 6 nitrogen and oxygen atoms in total. The number of rotatable bonds is 6. The van der Waals surface area contributed by atoms with Gasteiger partial charge in [0.05, 0.1) is 6.54 Å². The lowest BCUT2D eigenvalue weighted by Gasteiger charge is -2.26. The summed E-state index contributed by atoms with van der Waals surface area (Å²) < 4.78 is 5.60. The van der Waals surface area contributed by atoms with Gasteiger partial charge in [-0.1, -0.05) is 19.1 Å². The first-order valence-electron chi connectivity index (χ1n) is 8.62. The maximum Gasteiger partial charge on any atom is 0.327 e. The summed E-state index contributed by atoms with van der Waals surface area (Å²) in [6.45, 7) is 2.72. The Morgan fingerprint density at radius 3 is 2.92 bits per heavy atom. The zero-order valence-electron chi connectivity index (χ0n) is 14.0. The van der Waals surface area contributed by atoms with Crippen molar-refractivity contribution in [1.82, 2.24) is 9.80 Å². The molecule has 2 heterocycles. The first-order valence-corrected chi connectivity index (χ1v) is 8.62. The summed E-state index contributed by atoms with van der Waals surface area (Å²) >= 11 is 0. The molecular formula is C18H24N2O4. The minimum absolute atomic E-state index is 0.0157. The maximum absolute atomic E-state index is 12.4. The lowest BCUT2D eigenvalue weighted by Crippen LogP contribution is -2.40. The minimum atomic E-state index is -0.899.